The molecule has 2 rings (SSSR count). The molecular formula is C12H12BrFN4OS. The monoisotopic (exact) mass is 358 g/mol. The number of hydrogen-bond acceptors (Lipinski definition) is 5. The highest BCUT2D eigenvalue weighted by Crippen LogP contribution is 2.27. The molecule has 0 aliphatic rings. The third-order valence-electron chi connectivity index (χ3n) is 2.62. The Kier molecular flexibility index (Phi) is 4.56. The summed E-state index contributed by atoms with van der Waals surface area (Å²) in [6.07, 6.45) is 0. The van der Waals surface area contributed by atoms with Crippen LogP contribution < -0.4 is 16.4 Å². The number of nitrogens with two attached hydrogens (primary N) is 1. The summed E-state index contributed by atoms with van der Waals surface area (Å²) >= 11 is 4.36. The Hall–Kier alpha value is -1.67. The van der Waals surface area contributed by atoms with Crippen molar-refractivity contribution in [1.29, 1.82) is 0 Å². The van der Waals surface area contributed by atoms with E-state index < -0.39 is 0 Å². The zero-order chi connectivity index (χ0) is 14.7. The van der Waals surface area contributed by atoms with Gasteiger partial charge in [-0.25, -0.2) is 4.39 Å². The van der Waals surface area contributed by atoms with Crippen LogP contribution in [-0.2, 0) is 6.54 Å². The van der Waals surface area contributed by atoms with Crippen LogP contribution in [0.3, 0.4) is 0 Å². The maximum Gasteiger partial charge on any atom is 0.257 e. The van der Waals surface area contributed by atoms with Crippen molar-refractivity contribution in [2.24, 2.45) is 0 Å². The number of amides is 1. The van der Waals surface area contributed by atoms with E-state index in [1.54, 1.807) is 12.1 Å². The molecule has 5 nitrogen and oxygen atoms in total. The molecule has 0 saturated carbocycles. The molecule has 0 bridgehead atoms. The van der Waals surface area contributed by atoms with E-state index in [1.165, 1.54) is 13.1 Å². The normalized spacial score (nSPS) is 10.3. The average Bonchev–Trinajstić information content (AvgIpc) is 2.80. The van der Waals surface area contributed by atoms with Crippen molar-refractivity contribution < 1.29 is 9.18 Å². The van der Waals surface area contributed by atoms with Crippen molar-refractivity contribution >= 4 is 44.2 Å². The number of anilines is 2. The van der Waals surface area contributed by atoms with Gasteiger partial charge in [-0.3, -0.25) is 4.79 Å². The van der Waals surface area contributed by atoms with E-state index in [4.69, 9.17) is 5.73 Å². The van der Waals surface area contributed by atoms with Crippen LogP contribution in [0.2, 0.25) is 0 Å². The topological polar surface area (TPSA) is 80.0 Å². The minimum Gasteiger partial charge on any atom is -0.382 e. The van der Waals surface area contributed by atoms with Crippen LogP contribution in [0.25, 0.3) is 0 Å². The predicted molar refractivity (Wildman–Crippen MR) is 81.3 cm³/mol. The molecule has 0 aliphatic heterocycles. The van der Waals surface area contributed by atoms with Gasteiger partial charge < -0.3 is 16.4 Å². The molecule has 1 heterocycles. The highest BCUT2D eigenvalue weighted by atomic mass is 79.9. The van der Waals surface area contributed by atoms with Crippen LogP contribution in [0.15, 0.2) is 22.7 Å². The summed E-state index contributed by atoms with van der Waals surface area (Å²) < 4.78 is 18.3. The molecule has 0 radical (unpaired) electrons. The van der Waals surface area contributed by atoms with Gasteiger partial charge in [-0.1, -0.05) is 15.9 Å². The van der Waals surface area contributed by atoms with Gasteiger partial charge in [0.25, 0.3) is 5.91 Å². The lowest BCUT2D eigenvalue weighted by atomic mass is 10.2. The molecule has 0 aliphatic carbocycles. The molecule has 8 heteroatoms. The Balaban J connectivity index is 2.19. The van der Waals surface area contributed by atoms with Gasteiger partial charge in [-0.05, 0) is 29.7 Å². The van der Waals surface area contributed by atoms with E-state index in [0.29, 0.717) is 10.6 Å². The first-order valence-electron chi connectivity index (χ1n) is 5.68. The average molecular weight is 359 g/mol. The Morgan fingerprint density at radius 2 is 2.30 bits per heavy atom. The maximum absolute atomic E-state index is 13.6. The third-order valence-corrected chi connectivity index (χ3v) is 3.93. The van der Waals surface area contributed by atoms with E-state index in [-0.39, 0.29) is 29.7 Å². The second-order valence-corrected chi connectivity index (χ2v) is 5.63. The number of nitrogens with one attached hydrogen (secondary N) is 2. The van der Waals surface area contributed by atoms with Gasteiger partial charge in [0.15, 0.2) is 5.82 Å². The van der Waals surface area contributed by atoms with E-state index in [9.17, 15) is 9.18 Å². The van der Waals surface area contributed by atoms with Crippen LogP contribution in [0, 0.1) is 5.82 Å². The van der Waals surface area contributed by atoms with Gasteiger partial charge in [0, 0.05) is 23.6 Å². The summed E-state index contributed by atoms with van der Waals surface area (Å²) in [5, 5.41) is 6.00. The Labute approximate surface area is 127 Å². The molecule has 20 heavy (non-hydrogen) atoms. The second-order valence-electron chi connectivity index (χ2n) is 3.94. The molecule has 0 spiro atoms. The summed E-state index contributed by atoms with van der Waals surface area (Å²) in [5.74, 6) is -0.486. The predicted octanol–water partition coefficient (Wildman–Crippen LogP) is 2.60. The van der Waals surface area contributed by atoms with Crippen molar-refractivity contribution in [3.05, 3.63) is 39.6 Å². The SMILES string of the molecule is CNC(=O)c1c(N)nsc1NCc1cc(Br)ccc1F. The van der Waals surface area contributed by atoms with Crippen molar-refractivity contribution in [1.82, 2.24) is 9.69 Å². The molecule has 0 unspecified atom stereocenters. The van der Waals surface area contributed by atoms with Crippen molar-refractivity contribution in [2.75, 3.05) is 18.1 Å². The molecular weight excluding hydrogens is 347 g/mol. The fourth-order valence-corrected chi connectivity index (χ4v) is 2.74. The number of carbonyl (C=O) groups excluding carboxylic acids is 1. The first kappa shape index (κ1) is 14.7. The summed E-state index contributed by atoms with van der Waals surface area (Å²) in [5.41, 5.74) is 6.42. The number of aromatic nitrogens is 1. The number of hydrogen-bond donors (Lipinski definition) is 3. The summed E-state index contributed by atoms with van der Waals surface area (Å²) in [7, 11) is 1.51. The Morgan fingerprint density at radius 3 is 3.00 bits per heavy atom. The van der Waals surface area contributed by atoms with E-state index in [1.807, 2.05) is 0 Å². The molecule has 1 aromatic carbocycles. The van der Waals surface area contributed by atoms with Crippen LogP contribution in [0.4, 0.5) is 15.2 Å². The van der Waals surface area contributed by atoms with Gasteiger partial charge in [-0.2, -0.15) is 4.37 Å². The Morgan fingerprint density at radius 1 is 1.55 bits per heavy atom. The van der Waals surface area contributed by atoms with E-state index in [0.717, 1.165) is 16.0 Å². The largest absolute Gasteiger partial charge is 0.382 e. The number of halogens is 2. The zero-order valence-corrected chi connectivity index (χ0v) is 12.9. The summed E-state index contributed by atoms with van der Waals surface area (Å²) in [4.78, 5) is 11.7. The molecule has 4 N–H and O–H groups in total. The van der Waals surface area contributed by atoms with Crippen LogP contribution in [-0.4, -0.2) is 17.3 Å². The second kappa shape index (κ2) is 6.19. The van der Waals surface area contributed by atoms with Crippen LogP contribution >= 0.6 is 27.5 Å². The van der Waals surface area contributed by atoms with Crippen molar-refractivity contribution in [2.45, 2.75) is 6.54 Å². The maximum atomic E-state index is 13.6. The highest BCUT2D eigenvalue weighted by Gasteiger charge is 2.18. The molecule has 1 amide bonds. The van der Waals surface area contributed by atoms with E-state index in [2.05, 4.69) is 30.9 Å². The molecule has 2 aromatic rings. The summed E-state index contributed by atoms with van der Waals surface area (Å²) in [6, 6.07) is 4.67. The lowest BCUT2D eigenvalue weighted by Crippen LogP contribution is -2.20. The fourth-order valence-electron chi connectivity index (χ4n) is 1.62. The smallest absolute Gasteiger partial charge is 0.257 e. The van der Waals surface area contributed by atoms with Crippen molar-refractivity contribution in [3.8, 4) is 0 Å². The highest BCUT2D eigenvalue weighted by molar-refractivity contribution is 9.10. The quantitative estimate of drug-likeness (QED) is 0.784. The minimum atomic E-state index is -0.325. The van der Waals surface area contributed by atoms with Gasteiger partial charge in [0.2, 0.25) is 0 Å². The number of benzene rings is 1. The fraction of sp³-hybridized carbons (Fsp3) is 0.167. The van der Waals surface area contributed by atoms with Gasteiger partial charge in [0.1, 0.15) is 16.4 Å². The Bertz CT molecular complexity index is 646. The van der Waals surface area contributed by atoms with Crippen LogP contribution in [0.5, 0.6) is 0 Å². The standard InChI is InChI=1S/C12H12BrFN4OS/c1-16-11(19)9-10(15)18-20-12(9)17-5-6-4-7(13)2-3-8(6)14/h2-4,17H,5H2,1H3,(H2,15,18)(H,16,19). The van der Waals surface area contributed by atoms with Gasteiger partial charge >= 0.3 is 0 Å². The van der Waals surface area contributed by atoms with E-state index >= 15 is 0 Å². The third kappa shape index (κ3) is 3.07. The lowest BCUT2D eigenvalue weighted by molar-refractivity contribution is 0.0965. The number of carbonyl (C=O) groups is 1. The number of rotatable bonds is 4. The zero-order valence-electron chi connectivity index (χ0n) is 10.5. The number of nitrogens with zero attached hydrogens (tertiary/aromatic N) is 1. The summed E-state index contributed by atoms with van der Waals surface area (Å²) in [6.45, 7) is 0.233. The first-order chi connectivity index (χ1) is 9.52. The molecule has 106 valence electrons. The van der Waals surface area contributed by atoms with Gasteiger partial charge in [-0.15, -0.1) is 0 Å². The molecule has 0 saturated heterocycles. The number of nitrogen functional groups attached to an aromatic ring is 1. The first-order valence-corrected chi connectivity index (χ1v) is 7.24. The van der Waals surface area contributed by atoms with Crippen LogP contribution in [0.1, 0.15) is 15.9 Å². The molecule has 1 aromatic heterocycles. The molecule has 0 atom stereocenters. The van der Waals surface area contributed by atoms with Gasteiger partial charge in [0.05, 0.1) is 0 Å². The lowest BCUT2D eigenvalue weighted by Gasteiger charge is -2.07. The molecule has 0 fully saturated rings. The minimum absolute atomic E-state index is 0.159. The van der Waals surface area contributed by atoms with Crippen molar-refractivity contribution in [3.63, 3.8) is 0 Å².